The van der Waals surface area contributed by atoms with Crippen molar-refractivity contribution in [3.8, 4) is 0 Å². The first kappa shape index (κ1) is 14.0. The molecule has 72 valence electrons. The van der Waals surface area contributed by atoms with Gasteiger partial charge in [0.15, 0.2) is 0 Å². The lowest BCUT2D eigenvalue weighted by atomic mass is 10.0. The van der Waals surface area contributed by atoms with Crippen molar-refractivity contribution in [3.05, 3.63) is 12.7 Å². The molecule has 0 aromatic rings. The van der Waals surface area contributed by atoms with E-state index in [1.54, 1.807) is 0 Å². The average molecular weight is 193 g/mol. The molecule has 0 aliphatic rings. The van der Waals surface area contributed by atoms with Gasteiger partial charge in [0.1, 0.15) is 0 Å². The number of carbonyl (C=O) groups is 1. The van der Waals surface area contributed by atoms with Crippen molar-refractivity contribution >= 4 is 18.3 Å². The van der Waals surface area contributed by atoms with Crippen LogP contribution >= 0.6 is 12.4 Å². The van der Waals surface area contributed by atoms with Gasteiger partial charge in [0.2, 0.25) is 5.91 Å². The van der Waals surface area contributed by atoms with Gasteiger partial charge in [-0.25, -0.2) is 0 Å². The third-order valence-electron chi connectivity index (χ3n) is 1.25. The molecule has 0 bridgehead atoms. The van der Waals surface area contributed by atoms with Gasteiger partial charge in [0, 0.05) is 12.1 Å². The molecule has 3 nitrogen and oxygen atoms in total. The van der Waals surface area contributed by atoms with Crippen LogP contribution in [-0.4, -0.2) is 18.0 Å². The van der Waals surface area contributed by atoms with Crippen LogP contribution in [-0.2, 0) is 4.79 Å². The Morgan fingerprint density at radius 1 is 1.67 bits per heavy atom. The highest BCUT2D eigenvalue weighted by molar-refractivity contribution is 5.86. The molecule has 4 heteroatoms. The summed E-state index contributed by atoms with van der Waals surface area (Å²) in [6, 6.07) is 0. The summed E-state index contributed by atoms with van der Waals surface area (Å²) in [7, 11) is 0. The molecule has 0 heterocycles. The Hall–Kier alpha value is -0.540. The maximum atomic E-state index is 10.6. The molecule has 0 saturated carbocycles. The van der Waals surface area contributed by atoms with Crippen molar-refractivity contribution in [2.75, 3.05) is 6.54 Å². The summed E-state index contributed by atoms with van der Waals surface area (Å²) >= 11 is 0. The summed E-state index contributed by atoms with van der Waals surface area (Å²) in [4.78, 5) is 10.6. The van der Waals surface area contributed by atoms with Crippen LogP contribution in [0.4, 0.5) is 0 Å². The zero-order chi connectivity index (χ0) is 8.91. The first-order valence-electron chi connectivity index (χ1n) is 3.65. The van der Waals surface area contributed by atoms with E-state index < -0.39 is 0 Å². The van der Waals surface area contributed by atoms with Crippen LogP contribution in [0.1, 0.15) is 20.3 Å². The van der Waals surface area contributed by atoms with E-state index in [1.165, 1.54) is 6.08 Å². The molecule has 0 radical (unpaired) electrons. The van der Waals surface area contributed by atoms with Crippen molar-refractivity contribution in [1.29, 1.82) is 0 Å². The van der Waals surface area contributed by atoms with Gasteiger partial charge in [0.25, 0.3) is 0 Å². The first-order chi connectivity index (χ1) is 4.95. The molecular formula is C8H17ClN2O. The molecule has 0 atom stereocenters. The van der Waals surface area contributed by atoms with E-state index in [1.807, 2.05) is 13.8 Å². The van der Waals surface area contributed by atoms with E-state index in [4.69, 9.17) is 5.73 Å². The average Bonchev–Trinajstić information content (AvgIpc) is 1.85. The largest absolute Gasteiger partial charge is 0.353 e. The van der Waals surface area contributed by atoms with Crippen LogP contribution < -0.4 is 11.1 Å². The summed E-state index contributed by atoms with van der Waals surface area (Å²) in [5, 5.41) is 2.65. The second kappa shape index (κ2) is 6.03. The van der Waals surface area contributed by atoms with E-state index in [9.17, 15) is 4.79 Å². The molecule has 0 unspecified atom stereocenters. The third-order valence-corrected chi connectivity index (χ3v) is 1.25. The van der Waals surface area contributed by atoms with Crippen LogP contribution in [0.3, 0.4) is 0 Å². The number of rotatable bonds is 4. The van der Waals surface area contributed by atoms with Crippen LogP contribution in [0, 0.1) is 0 Å². The number of nitrogens with one attached hydrogen (secondary N) is 1. The molecule has 0 aromatic heterocycles. The minimum Gasteiger partial charge on any atom is -0.353 e. The van der Waals surface area contributed by atoms with Gasteiger partial charge in [-0.3, -0.25) is 4.79 Å². The molecule has 0 rings (SSSR count). The van der Waals surface area contributed by atoms with Crippen LogP contribution in [0.25, 0.3) is 0 Å². The standard InChI is InChI=1S/C8H16N2O.ClH/c1-4-7(11)10-6-5-8(2,3)9;/h4H,1,5-6,9H2,2-3H3,(H,10,11);1H. The second-order valence-electron chi connectivity index (χ2n) is 3.23. The monoisotopic (exact) mass is 192 g/mol. The Kier molecular flexibility index (Phi) is 7.04. The SMILES string of the molecule is C=CC(=O)NCCC(C)(C)N.Cl. The highest BCUT2D eigenvalue weighted by atomic mass is 35.5. The van der Waals surface area contributed by atoms with Crippen molar-refractivity contribution < 1.29 is 4.79 Å². The lowest BCUT2D eigenvalue weighted by molar-refractivity contribution is -0.116. The fraction of sp³-hybridized carbons (Fsp3) is 0.625. The van der Waals surface area contributed by atoms with Crippen molar-refractivity contribution in [2.24, 2.45) is 5.73 Å². The highest BCUT2D eigenvalue weighted by Gasteiger charge is 2.09. The predicted octanol–water partition coefficient (Wildman–Crippen LogP) is 0.838. The molecular weight excluding hydrogens is 176 g/mol. The minimum atomic E-state index is -0.214. The maximum Gasteiger partial charge on any atom is 0.243 e. The fourth-order valence-corrected chi connectivity index (χ4v) is 0.580. The Bertz CT molecular complexity index is 152. The smallest absolute Gasteiger partial charge is 0.243 e. The van der Waals surface area contributed by atoms with Gasteiger partial charge in [-0.2, -0.15) is 0 Å². The molecule has 0 aromatic carbocycles. The molecule has 3 N–H and O–H groups in total. The van der Waals surface area contributed by atoms with Crippen molar-refractivity contribution in [2.45, 2.75) is 25.8 Å². The Morgan fingerprint density at radius 3 is 2.50 bits per heavy atom. The van der Waals surface area contributed by atoms with E-state index >= 15 is 0 Å². The quantitative estimate of drug-likeness (QED) is 0.649. The van der Waals surface area contributed by atoms with E-state index in [2.05, 4.69) is 11.9 Å². The van der Waals surface area contributed by atoms with E-state index in [0.717, 1.165) is 6.42 Å². The summed E-state index contributed by atoms with van der Waals surface area (Å²) in [6.07, 6.45) is 2.02. The summed E-state index contributed by atoms with van der Waals surface area (Å²) in [5.74, 6) is -0.144. The Balaban J connectivity index is 0. The van der Waals surface area contributed by atoms with E-state index in [0.29, 0.717) is 6.54 Å². The molecule has 0 spiro atoms. The number of amides is 1. The normalized spacial score (nSPS) is 9.92. The van der Waals surface area contributed by atoms with Crippen LogP contribution in [0.2, 0.25) is 0 Å². The third kappa shape index (κ3) is 9.46. The zero-order valence-electron chi connectivity index (χ0n) is 7.59. The molecule has 12 heavy (non-hydrogen) atoms. The van der Waals surface area contributed by atoms with E-state index in [-0.39, 0.29) is 23.9 Å². The van der Waals surface area contributed by atoms with Crippen LogP contribution in [0.15, 0.2) is 12.7 Å². The van der Waals surface area contributed by atoms with Gasteiger partial charge in [-0.15, -0.1) is 12.4 Å². The van der Waals surface area contributed by atoms with Gasteiger partial charge >= 0.3 is 0 Å². The second-order valence-corrected chi connectivity index (χ2v) is 3.23. The van der Waals surface area contributed by atoms with Gasteiger partial charge in [-0.1, -0.05) is 6.58 Å². The number of carbonyl (C=O) groups excluding carboxylic acids is 1. The lowest BCUT2D eigenvalue weighted by Crippen LogP contribution is -2.36. The minimum absolute atomic E-state index is 0. The van der Waals surface area contributed by atoms with Gasteiger partial charge < -0.3 is 11.1 Å². The summed E-state index contributed by atoms with van der Waals surface area (Å²) < 4.78 is 0. The number of nitrogens with two attached hydrogens (primary N) is 1. The van der Waals surface area contributed by atoms with Gasteiger partial charge in [-0.05, 0) is 26.3 Å². The zero-order valence-corrected chi connectivity index (χ0v) is 8.41. The molecule has 1 amide bonds. The van der Waals surface area contributed by atoms with Gasteiger partial charge in [0.05, 0.1) is 0 Å². The first-order valence-corrected chi connectivity index (χ1v) is 3.65. The molecule has 0 fully saturated rings. The molecule has 0 aliphatic carbocycles. The number of hydrogen-bond acceptors (Lipinski definition) is 2. The van der Waals surface area contributed by atoms with Crippen LogP contribution in [0.5, 0.6) is 0 Å². The predicted molar refractivity (Wildman–Crippen MR) is 53.3 cm³/mol. The highest BCUT2D eigenvalue weighted by Crippen LogP contribution is 2.00. The number of halogens is 1. The Labute approximate surface area is 79.8 Å². The topological polar surface area (TPSA) is 55.1 Å². The molecule has 0 saturated heterocycles. The summed E-state index contributed by atoms with van der Waals surface area (Å²) in [5.41, 5.74) is 5.47. The van der Waals surface area contributed by atoms with Crippen molar-refractivity contribution in [3.63, 3.8) is 0 Å². The Morgan fingerprint density at radius 2 is 2.17 bits per heavy atom. The lowest BCUT2D eigenvalue weighted by Gasteiger charge is -2.17. The maximum absolute atomic E-state index is 10.6. The summed E-state index contributed by atoms with van der Waals surface area (Å²) in [6.45, 7) is 7.79. The van der Waals surface area contributed by atoms with Crippen molar-refractivity contribution in [1.82, 2.24) is 5.32 Å². The molecule has 0 aliphatic heterocycles. The fourth-order valence-electron chi connectivity index (χ4n) is 0.580. The number of hydrogen-bond donors (Lipinski definition) is 2.